The second-order valence-corrected chi connectivity index (χ2v) is 7.11. The van der Waals surface area contributed by atoms with E-state index in [1.807, 2.05) is 11.0 Å². The first-order chi connectivity index (χ1) is 11.6. The minimum atomic E-state index is -0.966. The zero-order valence-corrected chi connectivity index (χ0v) is 13.7. The third kappa shape index (κ3) is 2.81. The smallest absolute Gasteiger partial charge is 0.332 e. The maximum absolute atomic E-state index is 13.1. The normalized spacial score (nSPS) is 29.1. The molecule has 1 saturated heterocycles. The van der Waals surface area contributed by atoms with Gasteiger partial charge in [0.05, 0.1) is 6.04 Å². The molecule has 5 heteroatoms. The van der Waals surface area contributed by atoms with Crippen LogP contribution in [0.1, 0.15) is 55.7 Å². The standard InChI is InChI=1S/C19H23NO4/c21-18(16-10-11-17(24-16)19(22)23)20(13-8-9-13)15-7-3-5-12-4-1-2-6-14(12)15/h1-2,4,6,13,15-17H,3,5,7-11H2,(H,22,23)/t15?,16-,17+/m0/s1. The summed E-state index contributed by atoms with van der Waals surface area (Å²) in [5.74, 6) is -0.978. The molecule has 0 aromatic heterocycles. The molecule has 1 unspecified atom stereocenters. The van der Waals surface area contributed by atoms with Crippen LogP contribution >= 0.6 is 0 Å². The van der Waals surface area contributed by atoms with Crippen LogP contribution in [0.25, 0.3) is 0 Å². The molecular formula is C19H23NO4. The highest BCUT2D eigenvalue weighted by molar-refractivity contribution is 5.83. The van der Waals surface area contributed by atoms with Gasteiger partial charge in [-0.3, -0.25) is 4.79 Å². The van der Waals surface area contributed by atoms with Crippen molar-refractivity contribution in [2.45, 2.75) is 69.2 Å². The van der Waals surface area contributed by atoms with Gasteiger partial charge in [0.15, 0.2) is 6.10 Å². The van der Waals surface area contributed by atoms with Crippen LogP contribution in [-0.4, -0.2) is 40.1 Å². The quantitative estimate of drug-likeness (QED) is 0.922. The number of aliphatic carboxylic acids is 1. The number of ether oxygens (including phenoxy) is 1. The second-order valence-electron chi connectivity index (χ2n) is 7.11. The third-order valence-electron chi connectivity index (χ3n) is 5.44. The first-order valence-electron chi connectivity index (χ1n) is 8.93. The minimum absolute atomic E-state index is 0.0112. The van der Waals surface area contributed by atoms with Crippen molar-refractivity contribution in [3.8, 4) is 0 Å². The molecule has 128 valence electrons. The fraction of sp³-hybridized carbons (Fsp3) is 0.579. The van der Waals surface area contributed by atoms with Gasteiger partial charge in [-0.2, -0.15) is 0 Å². The van der Waals surface area contributed by atoms with Crippen molar-refractivity contribution in [3.05, 3.63) is 35.4 Å². The largest absolute Gasteiger partial charge is 0.479 e. The van der Waals surface area contributed by atoms with Crippen molar-refractivity contribution in [2.75, 3.05) is 0 Å². The Hall–Kier alpha value is -1.88. The van der Waals surface area contributed by atoms with Crippen LogP contribution in [0.4, 0.5) is 0 Å². The number of aryl methyl sites for hydroxylation is 1. The van der Waals surface area contributed by atoms with Crippen molar-refractivity contribution in [1.82, 2.24) is 4.90 Å². The number of nitrogens with zero attached hydrogens (tertiary/aromatic N) is 1. The fourth-order valence-electron chi connectivity index (χ4n) is 4.12. The van der Waals surface area contributed by atoms with Gasteiger partial charge < -0.3 is 14.7 Å². The van der Waals surface area contributed by atoms with Gasteiger partial charge in [0, 0.05) is 6.04 Å². The number of fused-ring (bicyclic) bond motifs is 1. The van der Waals surface area contributed by atoms with E-state index >= 15 is 0 Å². The van der Waals surface area contributed by atoms with Crippen LogP contribution < -0.4 is 0 Å². The van der Waals surface area contributed by atoms with Crippen molar-refractivity contribution < 1.29 is 19.4 Å². The first kappa shape index (κ1) is 15.6. The summed E-state index contributed by atoms with van der Waals surface area (Å²) in [7, 11) is 0. The van der Waals surface area contributed by atoms with Gasteiger partial charge in [-0.05, 0) is 56.1 Å². The summed E-state index contributed by atoms with van der Waals surface area (Å²) in [6.45, 7) is 0. The van der Waals surface area contributed by atoms with E-state index in [1.54, 1.807) is 0 Å². The highest BCUT2D eigenvalue weighted by atomic mass is 16.5. The summed E-state index contributed by atoms with van der Waals surface area (Å²) < 4.78 is 5.53. The maximum Gasteiger partial charge on any atom is 0.332 e. The number of rotatable bonds is 4. The number of carbonyl (C=O) groups excluding carboxylic acids is 1. The molecule has 3 atom stereocenters. The Morgan fingerprint density at radius 2 is 1.79 bits per heavy atom. The molecule has 0 bridgehead atoms. The Bertz CT molecular complexity index is 655. The predicted molar refractivity (Wildman–Crippen MR) is 87.5 cm³/mol. The number of carboxylic acid groups (broad SMARTS) is 1. The lowest BCUT2D eigenvalue weighted by Crippen LogP contribution is -2.44. The average Bonchev–Trinajstić information content (AvgIpc) is 3.29. The molecule has 4 rings (SSSR count). The van der Waals surface area contributed by atoms with E-state index in [-0.39, 0.29) is 11.9 Å². The minimum Gasteiger partial charge on any atom is -0.479 e. The second kappa shape index (κ2) is 6.20. The lowest BCUT2D eigenvalue weighted by Gasteiger charge is -2.37. The van der Waals surface area contributed by atoms with Gasteiger partial charge in [0.2, 0.25) is 0 Å². The lowest BCUT2D eigenvalue weighted by atomic mass is 9.86. The van der Waals surface area contributed by atoms with Gasteiger partial charge >= 0.3 is 5.97 Å². The number of carboxylic acids is 1. The van der Waals surface area contributed by atoms with Gasteiger partial charge in [-0.1, -0.05) is 24.3 Å². The van der Waals surface area contributed by atoms with E-state index in [2.05, 4.69) is 18.2 Å². The topological polar surface area (TPSA) is 66.8 Å². The molecule has 1 heterocycles. The summed E-state index contributed by atoms with van der Waals surface area (Å²) in [5, 5.41) is 9.10. The average molecular weight is 329 g/mol. The molecule has 24 heavy (non-hydrogen) atoms. The number of carbonyl (C=O) groups is 2. The molecule has 2 fully saturated rings. The summed E-state index contributed by atoms with van der Waals surface area (Å²) in [6.07, 6.45) is 4.72. The molecule has 1 amide bonds. The Labute approximate surface area is 141 Å². The molecule has 2 aliphatic carbocycles. The Morgan fingerprint density at radius 1 is 1.04 bits per heavy atom. The number of benzene rings is 1. The zero-order chi connectivity index (χ0) is 16.7. The lowest BCUT2D eigenvalue weighted by molar-refractivity contribution is -0.156. The first-order valence-corrected chi connectivity index (χ1v) is 8.93. The molecule has 0 spiro atoms. The summed E-state index contributed by atoms with van der Waals surface area (Å²) in [5.41, 5.74) is 2.60. The van der Waals surface area contributed by atoms with Crippen LogP contribution in [0, 0.1) is 0 Å². The molecule has 1 N–H and O–H groups in total. The zero-order valence-electron chi connectivity index (χ0n) is 13.7. The Kier molecular flexibility index (Phi) is 4.04. The SMILES string of the molecule is O=C(O)[C@H]1CC[C@@H](C(=O)N(C2CC2)C2CCCc3ccccc32)O1. The van der Waals surface area contributed by atoms with E-state index in [9.17, 15) is 9.59 Å². The van der Waals surface area contributed by atoms with Gasteiger partial charge in [-0.15, -0.1) is 0 Å². The Morgan fingerprint density at radius 3 is 2.50 bits per heavy atom. The van der Waals surface area contributed by atoms with Gasteiger partial charge in [0.1, 0.15) is 6.10 Å². The summed E-state index contributed by atoms with van der Waals surface area (Å²) in [4.78, 5) is 26.2. The van der Waals surface area contributed by atoms with E-state index in [4.69, 9.17) is 9.84 Å². The molecule has 1 aliphatic heterocycles. The van der Waals surface area contributed by atoms with Gasteiger partial charge in [-0.25, -0.2) is 4.79 Å². The highest BCUT2D eigenvalue weighted by Gasteiger charge is 2.44. The number of hydrogen-bond acceptors (Lipinski definition) is 3. The van der Waals surface area contributed by atoms with Crippen LogP contribution in [0.2, 0.25) is 0 Å². The van der Waals surface area contributed by atoms with E-state index in [0.29, 0.717) is 18.9 Å². The molecule has 1 aromatic carbocycles. The summed E-state index contributed by atoms with van der Waals surface area (Å²) >= 11 is 0. The maximum atomic E-state index is 13.1. The molecule has 1 aromatic rings. The van der Waals surface area contributed by atoms with Crippen molar-refractivity contribution in [3.63, 3.8) is 0 Å². The molecule has 0 radical (unpaired) electrons. The molecule has 5 nitrogen and oxygen atoms in total. The van der Waals surface area contributed by atoms with Crippen molar-refractivity contribution in [2.24, 2.45) is 0 Å². The molecular weight excluding hydrogens is 306 g/mol. The summed E-state index contributed by atoms with van der Waals surface area (Å²) in [6, 6.07) is 8.80. The van der Waals surface area contributed by atoms with Gasteiger partial charge in [0.25, 0.3) is 5.91 Å². The number of hydrogen-bond donors (Lipinski definition) is 1. The van der Waals surface area contributed by atoms with Crippen molar-refractivity contribution in [1.29, 1.82) is 0 Å². The van der Waals surface area contributed by atoms with E-state index in [1.165, 1.54) is 11.1 Å². The third-order valence-corrected chi connectivity index (χ3v) is 5.44. The van der Waals surface area contributed by atoms with Crippen LogP contribution in [0.5, 0.6) is 0 Å². The Balaban J connectivity index is 1.58. The van der Waals surface area contributed by atoms with Crippen molar-refractivity contribution >= 4 is 11.9 Å². The fourth-order valence-corrected chi connectivity index (χ4v) is 4.12. The monoisotopic (exact) mass is 329 g/mol. The number of amides is 1. The van der Waals surface area contributed by atoms with Crippen LogP contribution in [-0.2, 0) is 20.7 Å². The van der Waals surface area contributed by atoms with Crippen LogP contribution in [0.15, 0.2) is 24.3 Å². The van der Waals surface area contributed by atoms with Crippen LogP contribution in [0.3, 0.4) is 0 Å². The molecule has 3 aliphatic rings. The predicted octanol–water partition coefficient (Wildman–Crippen LogP) is 2.69. The molecule has 1 saturated carbocycles. The van der Waals surface area contributed by atoms with E-state index < -0.39 is 18.2 Å². The highest BCUT2D eigenvalue weighted by Crippen LogP contribution is 2.42. The van der Waals surface area contributed by atoms with E-state index in [0.717, 1.165) is 32.1 Å².